The van der Waals surface area contributed by atoms with Crippen LogP contribution < -0.4 is 21.3 Å². The Kier molecular flexibility index (Phi) is 17.9. The van der Waals surface area contributed by atoms with Crippen LogP contribution >= 0.6 is 11.8 Å². The Morgan fingerprint density at radius 3 is 1.59 bits per heavy atom. The molecule has 0 bridgehead atoms. The van der Waals surface area contributed by atoms with E-state index in [0.29, 0.717) is 77.1 Å². The van der Waals surface area contributed by atoms with Gasteiger partial charge in [0.1, 0.15) is 0 Å². The van der Waals surface area contributed by atoms with E-state index in [1.807, 2.05) is 16.7 Å². The summed E-state index contributed by atoms with van der Waals surface area (Å²) < 4.78 is 0. The van der Waals surface area contributed by atoms with Crippen molar-refractivity contribution in [1.82, 2.24) is 40.9 Å². The van der Waals surface area contributed by atoms with Gasteiger partial charge in [0, 0.05) is 82.9 Å². The number of aliphatic carboxylic acids is 3. The summed E-state index contributed by atoms with van der Waals surface area (Å²) in [5, 5.41) is 40.3. The molecule has 3 aliphatic heterocycles. The number of thioether (sulfide) groups is 1. The predicted octanol–water partition coefficient (Wildman–Crippen LogP) is -1.41. The Labute approximate surface area is 291 Å². The van der Waals surface area contributed by atoms with Crippen molar-refractivity contribution in [2.24, 2.45) is 0 Å². The zero-order valence-electron chi connectivity index (χ0n) is 28.3. The summed E-state index contributed by atoms with van der Waals surface area (Å²) in [7, 11) is 0. The quantitative estimate of drug-likeness (QED) is 0.0604. The van der Waals surface area contributed by atoms with Crippen LogP contribution in [0, 0.1) is 0 Å². The lowest BCUT2D eigenvalue weighted by molar-refractivity contribution is -0.140. The van der Waals surface area contributed by atoms with Gasteiger partial charge in [-0.1, -0.05) is 6.42 Å². The molecule has 278 valence electrons. The average molecular weight is 715 g/mol. The molecule has 4 amide bonds. The molecule has 3 saturated heterocycles. The fraction of sp³-hybridized carbons (Fsp3) is 0.806. The minimum Gasteiger partial charge on any atom is -0.480 e. The fourth-order valence-corrected chi connectivity index (χ4v) is 7.83. The van der Waals surface area contributed by atoms with E-state index in [4.69, 9.17) is 0 Å². The molecule has 0 aromatic carbocycles. The van der Waals surface area contributed by atoms with Gasteiger partial charge in [0.2, 0.25) is 11.8 Å². The number of nitrogens with zero attached hydrogens (tertiary/aromatic N) is 4. The Morgan fingerprint density at radius 2 is 1.10 bits per heavy atom. The first-order valence-corrected chi connectivity index (χ1v) is 18.3. The predicted molar refractivity (Wildman–Crippen MR) is 182 cm³/mol. The largest absolute Gasteiger partial charge is 0.480 e. The summed E-state index contributed by atoms with van der Waals surface area (Å²) in [5.41, 5.74) is 0. The number of carboxylic acids is 3. The van der Waals surface area contributed by atoms with Crippen molar-refractivity contribution in [1.29, 1.82) is 0 Å². The van der Waals surface area contributed by atoms with E-state index in [1.54, 1.807) is 14.7 Å². The maximum absolute atomic E-state index is 12.8. The van der Waals surface area contributed by atoms with Crippen molar-refractivity contribution in [2.75, 3.05) is 97.4 Å². The normalized spacial score (nSPS) is 23.0. The van der Waals surface area contributed by atoms with Crippen molar-refractivity contribution < 1.29 is 44.1 Å². The standard InChI is InChI=1S/C31H54N8O9S/c40-25(7-3-2-6-24-30-23(22-49-24)34-31(48)35-30)32-8-4-1-5-9-33-26(41)18-36-10-12-37(19-27(42)43)14-16-39(21-29(46)47)17-15-38(13-11-36)20-28(44)45/h23-24,30H,1-22H2,(H,32,40)(H,33,41)(H,42,43)(H,44,45)(H,46,47)(H2,34,35,48). The number of hydrogen-bond donors (Lipinski definition) is 7. The van der Waals surface area contributed by atoms with Gasteiger partial charge in [-0.2, -0.15) is 11.8 Å². The molecule has 0 saturated carbocycles. The van der Waals surface area contributed by atoms with Crippen LogP contribution in [0.3, 0.4) is 0 Å². The zero-order chi connectivity index (χ0) is 35.6. The maximum atomic E-state index is 12.8. The van der Waals surface area contributed by atoms with E-state index in [-0.39, 0.29) is 56.1 Å². The third kappa shape index (κ3) is 16.4. The number of urea groups is 1. The first kappa shape index (κ1) is 40.2. The van der Waals surface area contributed by atoms with E-state index in [1.165, 1.54) is 0 Å². The summed E-state index contributed by atoms with van der Waals surface area (Å²) in [6.45, 7) is 3.21. The van der Waals surface area contributed by atoms with E-state index in [2.05, 4.69) is 21.3 Å². The molecule has 18 heteroatoms. The average Bonchev–Trinajstić information content (AvgIpc) is 3.58. The van der Waals surface area contributed by atoms with Gasteiger partial charge in [-0.05, 0) is 32.1 Å². The first-order chi connectivity index (χ1) is 23.5. The molecule has 0 aromatic heterocycles. The SMILES string of the molecule is O=C(O)CN1CCN(CC(=O)O)CCN(CC(=O)NCCCCCNC(=O)CCCCC2SCC3NC(=O)NC32)CCN(CC(=O)O)CC1. The Balaban J connectivity index is 1.31. The lowest BCUT2D eigenvalue weighted by atomic mass is 10.0. The van der Waals surface area contributed by atoms with Gasteiger partial charge in [0.25, 0.3) is 0 Å². The molecule has 0 aromatic rings. The minimum atomic E-state index is -1.01. The molecule has 17 nitrogen and oxygen atoms in total. The number of fused-ring (bicyclic) bond motifs is 1. The molecule has 3 rings (SSSR count). The van der Waals surface area contributed by atoms with Gasteiger partial charge in [0.15, 0.2) is 0 Å². The van der Waals surface area contributed by atoms with Crippen molar-refractivity contribution in [3.05, 3.63) is 0 Å². The van der Waals surface area contributed by atoms with Gasteiger partial charge in [-0.3, -0.25) is 43.6 Å². The van der Waals surface area contributed by atoms with Gasteiger partial charge in [-0.15, -0.1) is 0 Å². The van der Waals surface area contributed by atoms with Crippen molar-refractivity contribution in [3.63, 3.8) is 0 Å². The molecule has 3 atom stereocenters. The Morgan fingerprint density at radius 1 is 0.633 bits per heavy atom. The molecule has 0 aliphatic carbocycles. The summed E-state index contributed by atoms with van der Waals surface area (Å²) >= 11 is 1.88. The molecule has 3 heterocycles. The minimum absolute atomic E-state index is 0.0357. The molecule has 7 N–H and O–H groups in total. The number of amides is 4. The second kappa shape index (κ2) is 21.8. The number of carboxylic acid groups (broad SMARTS) is 3. The van der Waals surface area contributed by atoms with E-state index >= 15 is 0 Å². The Hall–Kier alpha value is -3.19. The summed E-state index contributed by atoms with van der Waals surface area (Å²) in [4.78, 5) is 77.8. The number of rotatable bonds is 19. The van der Waals surface area contributed by atoms with Gasteiger partial charge < -0.3 is 36.6 Å². The van der Waals surface area contributed by atoms with Gasteiger partial charge in [0.05, 0.1) is 38.3 Å². The van der Waals surface area contributed by atoms with Crippen LogP contribution in [0.4, 0.5) is 4.79 Å². The van der Waals surface area contributed by atoms with Crippen LogP contribution in [-0.2, 0) is 24.0 Å². The molecular formula is C31H54N8O9S. The molecule has 3 fully saturated rings. The van der Waals surface area contributed by atoms with Crippen LogP contribution in [0.2, 0.25) is 0 Å². The van der Waals surface area contributed by atoms with Gasteiger partial charge in [-0.25, -0.2) is 4.79 Å². The van der Waals surface area contributed by atoms with Crippen molar-refractivity contribution >= 4 is 47.5 Å². The Bertz CT molecular complexity index is 1090. The van der Waals surface area contributed by atoms with E-state index < -0.39 is 17.9 Å². The lowest BCUT2D eigenvalue weighted by Gasteiger charge is -2.32. The third-order valence-corrected chi connectivity index (χ3v) is 10.5. The summed E-state index contributed by atoms with van der Waals surface area (Å²) in [5.74, 6) is -2.23. The molecule has 49 heavy (non-hydrogen) atoms. The topological polar surface area (TPSA) is 224 Å². The molecular weight excluding hydrogens is 660 g/mol. The fourth-order valence-electron chi connectivity index (χ4n) is 6.29. The van der Waals surface area contributed by atoms with Crippen LogP contribution in [0.25, 0.3) is 0 Å². The smallest absolute Gasteiger partial charge is 0.317 e. The number of nitrogens with one attached hydrogen (secondary N) is 4. The number of carbonyl (C=O) groups is 6. The summed E-state index contributed by atoms with van der Waals surface area (Å²) in [6, 6.07) is 0.316. The number of hydrogen-bond acceptors (Lipinski definition) is 11. The van der Waals surface area contributed by atoms with Crippen LogP contribution in [0.15, 0.2) is 0 Å². The zero-order valence-corrected chi connectivity index (χ0v) is 29.1. The molecule has 3 unspecified atom stereocenters. The number of unbranched alkanes of at least 4 members (excludes halogenated alkanes) is 3. The lowest BCUT2D eigenvalue weighted by Crippen LogP contribution is -2.49. The van der Waals surface area contributed by atoms with Crippen molar-refractivity contribution in [2.45, 2.75) is 62.3 Å². The monoisotopic (exact) mass is 714 g/mol. The third-order valence-electron chi connectivity index (χ3n) is 8.95. The second-order valence-corrected chi connectivity index (χ2v) is 14.2. The van der Waals surface area contributed by atoms with Crippen LogP contribution in [0.5, 0.6) is 0 Å². The highest BCUT2D eigenvalue weighted by Gasteiger charge is 2.42. The van der Waals surface area contributed by atoms with Crippen LogP contribution in [0.1, 0.15) is 44.9 Å². The molecule has 3 aliphatic rings. The van der Waals surface area contributed by atoms with Crippen LogP contribution in [-0.4, -0.2) is 185 Å². The molecule has 0 radical (unpaired) electrons. The van der Waals surface area contributed by atoms with Gasteiger partial charge >= 0.3 is 23.9 Å². The molecule has 0 spiro atoms. The van der Waals surface area contributed by atoms with Crippen molar-refractivity contribution in [3.8, 4) is 0 Å². The number of carbonyl (C=O) groups excluding carboxylic acids is 3. The first-order valence-electron chi connectivity index (χ1n) is 17.3. The highest BCUT2D eigenvalue weighted by Crippen LogP contribution is 2.33. The highest BCUT2D eigenvalue weighted by atomic mass is 32.2. The second-order valence-electron chi connectivity index (χ2n) is 12.9. The van der Waals surface area contributed by atoms with E-state index in [0.717, 1.165) is 44.3 Å². The highest BCUT2D eigenvalue weighted by molar-refractivity contribution is 8.00. The maximum Gasteiger partial charge on any atom is 0.317 e. The van der Waals surface area contributed by atoms with E-state index in [9.17, 15) is 44.1 Å². The summed E-state index contributed by atoms with van der Waals surface area (Å²) in [6.07, 6.45) is 5.59.